The van der Waals surface area contributed by atoms with Crippen molar-refractivity contribution in [1.82, 2.24) is 0 Å². The van der Waals surface area contributed by atoms with Crippen LogP contribution in [0, 0.1) is 11.8 Å². The van der Waals surface area contributed by atoms with E-state index in [-0.39, 0.29) is 6.61 Å². The Morgan fingerprint density at radius 3 is 2.42 bits per heavy atom. The van der Waals surface area contributed by atoms with Crippen LogP contribution in [0.15, 0.2) is 42.5 Å². The van der Waals surface area contributed by atoms with Gasteiger partial charge in [0.25, 0.3) is 0 Å². The Bertz CT molecular complexity index is 839. The zero-order valence-electron chi connectivity index (χ0n) is 18.6. The van der Waals surface area contributed by atoms with E-state index in [4.69, 9.17) is 19.3 Å². The largest absolute Gasteiger partial charge is 0.497 e. The van der Waals surface area contributed by atoms with Gasteiger partial charge in [-0.15, -0.1) is 0 Å². The molecule has 0 saturated heterocycles. The van der Waals surface area contributed by atoms with Crippen LogP contribution < -0.4 is 4.74 Å². The van der Waals surface area contributed by atoms with Crippen molar-refractivity contribution in [2.24, 2.45) is 11.8 Å². The van der Waals surface area contributed by atoms with Gasteiger partial charge in [0, 0.05) is 7.11 Å². The molecule has 0 bridgehead atoms. The summed E-state index contributed by atoms with van der Waals surface area (Å²) in [5.41, 5.74) is 5.06. The molecule has 0 unspecified atom stereocenters. The predicted octanol–water partition coefficient (Wildman–Crippen LogP) is 5.00. The molecule has 1 aliphatic carbocycles. The van der Waals surface area contributed by atoms with Gasteiger partial charge in [0.15, 0.2) is 0 Å². The fourth-order valence-electron chi connectivity index (χ4n) is 4.46. The first-order valence-corrected chi connectivity index (χ1v) is 11.1. The fourth-order valence-corrected chi connectivity index (χ4v) is 4.46. The maximum atomic E-state index is 10.6. The third-order valence-electron chi connectivity index (χ3n) is 6.12. The minimum absolute atomic E-state index is 0.193. The zero-order valence-corrected chi connectivity index (χ0v) is 18.6. The number of carboxylic acids is 1. The van der Waals surface area contributed by atoms with E-state index in [1.54, 1.807) is 14.2 Å². The van der Waals surface area contributed by atoms with Gasteiger partial charge in [-0.05, 0) is 84.7 Å². The van der Waals surface area contributed by atoms with Gasteiger partial charge in [0.1, 0.15) is 12.4 Å². The number of benzene rings is 2. The minimum Gasteiger partial charge on any atom is -0.497 e. The van der Waals surface area contributed by atoms with Crippen LogP contribution in [0.5, 0.6) is 5.75 Å². The fraction of sp³-hybridized carbons (Fsp3) is 0.500. The van der Waals surface area contributed by atoms with E-state index < -0.39 is 5.97 Å². The van der Waals surface area contributed by atoms with E-state index in [1.165, 1.54) is 22.3 Å². The highest BCUT2D eigenvalue weighted by atomic mass is 16.5. The Labute approximate surface area is 185 Å². The lowest BCUT2D eigenvalue weighted by Crippen LogP contribution is -2.21. The predicted molar refractivity (Wildman–Crippen MR) is 122 cm³/mol. The molecular formula is C26H34O5. The lowest BCUT2D eigenvalue weighted by molar-refractivity contribution is -0.142. The maximum Gasteiger partial charge on any atom is 0.329 e. The van der Waals surface area contributed by atoms with Gasteiger partial charge in [0.2, 0.25) is 0 Å². The van der Waals surface area contributed by atoms with Gasteiger partial charge in [-0.3, -0.25) is 0 Å². The Kier molecular flexibility index (Phi) is 8.92. The highest BCUT2D eigenvalue weighted by molar-refractivity contribution is 5.68. The maximum absolute atomic E-state index is 10.6. The molecule has 0 spiro atoms. The number of aliphatic carboxylic acids is 1. The molecule has 0 aromatic heterocycles. The Morgan fingerprint density at radius 2 is 1.71 bits per heavy atom. The molecule has 0 heterocycles. The SMILES string of the molecule is COCCc1cc(CC2CCC(COCC(=O)O)CC2)cc(-c2cccc(OC)c2)c1. The Hall–Kier alpha value is -2.37. The summed E-state index contributed by atoms with van der Waals surface area (Å²) in [6, 6.07) is 15.1. The normalized spacial score (nSPS) is 18.6. The number of ether oxygens (including phenoxy) is 3. The van der Waals surface area contributed by atoms with Crippen molar-refractivity contribution in [2.45, 2.75) is 38.5 Å². The summed E-state index contributed by atoms with van der Waals surface area (Å²) in [4.78, 5) is 10.6. The van der Waals surface area contributed by atoms with E-state index >= 15 is 0 Å². The molecule has 168 valence electrons. The summed E-state index contributed by atoms with van der Waals surface area (Å²) in [7, 11) is 3.44. The standard InChI is InChI=1S/C26H34O5/c1-29-11-10-21-13-22(15-24(14-21)23-4-3-5-25(16-23)30-2)12-19-6-8-20(9-7-19)17-31-18-26(27)28/h3-5,13-16,19-20H,6-12,17-18H2,1-2H3,(H,27,28). The van der Waals surface area contributed by atoms with Gasteiger partial charge in [-0.25, -0.2) is 4.79 Å². The second-order valence-corrected chi connectivity index (χ2v) is 8.51. The molecule has 1 aliphatic rings. The summed E-state index contributed by atoms with van der Waals surface area (Å²) < 4.78 is 16.0. The quantitative estimate of drug-likeness (QED) is 0.548. The van der Waals surface area contributed by atoms with Gasteiger partial charge >= 0.3 is 5.97 Å². The average Bonchev–Trinajstić information content (AvgIpc) is 2.78. The number of carboxylic acid groups (broad SMARTS) is 1. The molecule has 0 radical (unpaired) electrons. The molecule has 2 aromatic rings. The van der Waals surface area contributed by atoms with E-state index in [0.717, 1.165) is 44.3 Å². The highest BCUT2D eigenvalue weighted by Gasteiger charge is 2.22. The lowest BCUT2D eigenvalue weighted by Gasteiger charge is -2.28. The van der Waals surface area contributed by atoms with Crippen molar-refractivity contribution in [3.8, 4) is 16.9 Å². The van der Waals surface area contributed by atoms with Crippen molar-refractivity contribution in [3.05, 3.63) is 53.6 Å². The summed E-state index contributed by atoms with van der Waals surface area (Å²) in [6.45, 7) is 1.08. The molecule has 2 aromatic carbocycles. The number of hydrogen-bond acceptors (Lipinski definition) is 4. The summed E-state index contributed by atoms with van der Waals surface area (Å²) in [5.74, 6) is 1.11. The molecule has 1 saturated carbocycles. The zero-order chi connectivity index (χ0) is 22.1. The second-order valence-electron chi connectivity index (χ2n) is 8.51. The first-order valence-electron chi connectivity index (χ1n) is 11.1. The highest BCUT2D eigenvalue weighted by Crippen LogP contribution is 2.33. The third-order valence-corrected chi connectivity index (χ3v) is 6.12. The van der Waals surface area contributed by atoms with E-state index in [2.05, 4.69) is 30.3 Å². The van der Waals surface area contributed by atoms with Crippen LogP contribution in [-0.4, -0.2) is 45.1 Å². The van der Waals surface area contributed by atoms with Crippen molar-refractivity contribution in [2.75, 3.05) is 34.0 Å². The van der Waals surface area contributed by atoms with Crippen LogP contribution in [0.2, 0.25) is 0 Å². The first-order chi connectivity index (χ1) is 15.1. The second kappa shape index (κ2) is 11.9. The van der Waals surface area contributed by atoms with Crippen molar-refractivity contribution in [1.29, 1.82) is 0 Å². The number of hydrogen-bond donors (Lipinski definition) is 1. The van der Waals surface area contributed by atoms with Gasteiger partial charge < -0.3 is 19.3 Å². The molecule has 1 fully saturated rings. The molecule has 31 heavy (non-hydrogen) atoms. The average molecular weight is 427 g/mol. The third kappa shape index (κ3) is 7.37. The van der Waals surface area contributed by atoms with E-state index in [0.29, 0.717) is 25.0 Å². The van der Waals surface area contributed by atoms with E-state index in [1.807, 2.05) is 12.1 Å². The van der Waals surface area contributed by atoms with Crippen molar-refractivity contribution < 1.29 is 24.1 Å². The molecule has 5 heteroatoms. The number of methoxy groups -OCH3 is 2. The molecule has 5 nitrogen and oxygen atoms in total. The van der Waals surface area contributed by atoms with Crippen LogP contribution in [-0.2, 0) is 27.1 Å². The summed E-state index contributed by atoms with van der Waals surface area (Å²) in [5, 5.41) is 8.72. The molecule has 0 amide bonds. The number of rotatable bonds is 11. The molecular weight excluding hydrogens is 392 g/mol. The number of carbonyl (C=O) groups is 1. The summed E-state index contributed by atoms with van der Waals surface area (Å²) >= 11 is 0. The van der Waals surface area contributed by atoms with Gasteiger partial charge in [-0.2, -0.15) is 0 Å². The van der Waals surface area contributed by atoms with Crippen molar-refractivity contribution in [3.63, 3.8) is 0 Å². The lowest BCUT2D eigenvalue weighted by atomic mass is 9.79. The van der Waals surface area contributed by atoms with Crippen LogP contribution >= 0.6 is 0 Å². The van der Waals surface area contributed by atoms with Gasteiger partial charge in [-0.1, -0.05) is 30.3 Å². The smallest absolute Gasteiger partial charge is 0.329 e. The monoisotopic (exact) mass is 426 g/mol. The topological polar surface area (TPSA) is 65.0 Å². The van der Waals surface area contributed by atoms with E-state index in [9.17, 15) is 4.79 Å². The van der Waals surface area contributed by atoms with Crippen molar-refractivity contribution >= 4 is 5.97 Å². The Balaban J connectivity index is 1.67. The van der Waals surface area contributed by atoms with Crippen LogP contribution in [0.3, 0.4) is 0 Å². The molecule has 3 rings (SSSR count). The summed E-state index contributed by atoms with van der Waals surface area (Å²) in [6.07, 6.45) is 6.51. The molecule has 0 aliphatic heterocycles. The van der Waals surface area contributed by atoms with Crippen LogP contribution in [0.25, 0.3) is 11.1 Å². The van der Waals surface area contributed by atoms with Crippen LogP contribution in [0.4, 0.5) is 0 Å². The first kappa shape index (κ1) is 23.3. The minimum atomic E-state index is -0.895. The Morgan fingerprint density at radius 1 is 0.968 bits per heavy atom. The van der Waals surface area contributed by atoms with Crippen LogP contribution in [0.1, 0.15) is 36.8 Å². The van der Waals surface area contributed by atoms with Gasteiger partial charge in [0.05, 0.1) is 20.3 Å². The molecule has 0 atom stereocenters. The molecule has 1 N–H and O–H groups in total.